The first kappa shape index (κ1) is 16.4. The minimum absolute atomic E-state index is 0. The molecule has 0 heterocycles. The first-order valence-electron chi connectivity index (χ1n) is 7.12. The monoisotopic (exact) mass is 376 g/mol. The lowest BCUT2D eigenvalue weighted by molar-refractivity contribution is 0.308. The van der Waals surface area contributed by atoms with Gasteiger partial charge in [0.15, 0.2) is 0 Å². The number of benzene rings is 1. The molecule has 18 heavy (non-hydrogen) atoms. The molecular weight excluding hydrogens is 350 g/mol. The van der Waals surface area contributed by atoms with E-state index < -0.39 is 0 Å². The molecule has 0 aromatic heterocycles. The third kappa shape index (κ3) is 4.49. The maximum Gasteiger partial charge on any atom is -0.0128 e. The molecule has 0 nitrogen and oxygen atoms in total. The van der Waals surface area contributed by atoms with Crippen molar-refractivity contribution >= 4 is 33.2 Å². The molecule has 0 amide bonds. The van der Waals surface area contributed by atoms with Gasteiger partial charge in [-0.1, -0.05) is 44.0 Å². The first-order chi connectivity index (χ1) is 8.33. The Morgan fingerprint density at radius 2 is 1.67 bits per heavy atom. The average molecular weight is 376 g/mol. The molecule has 0 bridgehead atoms. The van der Waals surface area contributed by atoms with E-state index in [1.165, 1.54) is 44.1 Å². The van der Waals surface area contributed by atoms with Gasteiger partial charge < -0.3 is 0 Å². The van der Waals surface area contributed by atoms with E-state index in [1.54, 1.807) is 5.56 Å². The van der Waals surface area contributed by atoms with Crippen molar-refractivity contribution < 1.29 is 0 Å². The fourth-order valence-corrected chi connectivity index (χ4v) is 3.39. The normalized spacial score (nSPS) is 23.4. The summed E-state index contributed by atoms with van der Waals surface area (Å²) in [7, 11) is 2.79. The van der Waals surface area contributed by atoms with Crippen molar-refractivity contribution in [2.24, 2.45) is 5.92 Å². The van der Waals surface area contributed by atoms with Crippen molar-refractivity contribution in [3.8, 4) is 0 Å². The van der Waals surface area contributed by atoms with Gasteiger partial charge in [0, 0.05) is 0 Å². The van der Waals surface area contributed by atoms with Crippen molar-refractivity contribution in [2.75, 3.05) is 0 Å². The van der Waals surface area contributed by atoms with E-state index in [4.69, 9.17) is 0 Å². The smallest absolute Gasteiger partial charge is 0.0128 e. The van der Waals surface area contributed by atoms with Gasteiger partial charge in [0.1, 0.15) is 0 Å². The van der Waals surface area contributed by atoms with Crippen molar-refractivity contribution in [1.29, 1.82) is 0 Å². The third-order valence-corrected chi connectivity index (χ3v) is 4.70. The Labute approximate surface area is 132 Å². The Morgan fingerprint density at radius 3 is 2.17 bits per heavy atom. The van der Waals surface area contributed by atoms with Crippen LogP contribution in [0, 0.1) is 5.92 Å². The topological polar surface area (TPSA) is 0 Å². The van der Waals surface area contributed by atoms with Crippen LogP contribution in [0.5, 0.6) is 0 Å². The minimum Gasteiger partial charge on any atom is -0.133 e. The van der Waals surface area contributed by atoms with Crippen LogP contribution >= 0.6 is 33.2 Å². The van der Waals surface area contributed by atoms with Crippen LogP contribution in [0.3, 0.4) is 0 Å². The van der Waals surface area contributed by atoms with Crippen LogP contribution in [0.4, 0.5) is 0 Å². The molecule has 1 aromatic rings. The Kier molecular flexibility index (Phi) is 7.79. The van der Waals surface area contributed by atoms with Gasteiger partial charge in [-0.05, 0) is 54.8 Å². The van der Waals surface area contributed by atoms with Gasteiger partial charge in [0.2, 0.25) is 0 Å². The fourth-order valence-electron chi connectivity index (χ4n) is 3.12. The number of hydrogen-bond acceptors (Lipinski definition) is 0. The molecule has 0 N–H and O–H groups in total. The van der Waals surface area contributed by atoms with Crippen LogP contribution in [0.15, 0.2) is 24.3 Å². The summed E-state index contributed by atoms with van der Waals surface area (Å²) in [5, 5.41) is 0. The van der Waals surface area contributed by atoms with Crippen LogP contribution in [-0.4, -0.2) is 0 Å². The van der Waals surface area contributed by atoms with Gasteiger partial charge in [-0.3, -0.25) is 0 Å². The minimum atomic E-state index is 0. The summed E-state index contributed by atoms with van der Waals surface area (Å²) in [6, 6.07) is 9.29. The summed E-state index contributed by atoms with van der Waals surface area (Å²) in [6.45, 7) is 2.31. The zero-order valence-corrected chi connectivity index (χ0v) is 14.9. The molecule has 2 rings (SSSR count). The third-order valence-electron chi connectivity index (χ3n) is 4.23. The van der Waals surface area contributed by atoms with Crippen LogP contribution in [0.1, 0.15) is 62.5 Å². The highest BCUT2D eigenvalue weighted by atomic mass is 127. The number of rotatable bonds is 4. The summed E-state index contributed by atoms with van der Waals surface area (Å²) < 4.78 is 0. The van der Waals surface area contributed by atoms with Crippen LogP contribution < -0.4 is 0 Å². The van der Waals surface area contributed by atoms with Crippen molar-refractivity contribution in [2.45, 2.75) is 57.5 Å². The van der Waals surface area contributed by atoms with Crippen molar-refractivity contribution in [3.63, 3.8) is 0 Å². The fraction of sp³-hybridized carbons (Fsp3) is 0.625. The van der Waals surface area contributed by atoms with Crippen molar-refractivity contribution in [1.82, 2.24) is 0 Å². The summed E-state index contributed by atoms with van der Waals surface area (Å²) in [5.41, 5.74) is 3.00. The molecule has 1 aliphatic rings. The zero-order valence-electron chi connectivity index (χ0n) is 11.4. The summed E-state index contributed by atoms with van der Waals surface area (Å²) in [6.07, 6.45) is 9.59. The van der Waals surface area contributed by atoms with Gasteiger partial charge in [-0.15, -0.1) is 33.2 Å². The van der Waals surface area contributed by atoms with Gasteiger partial charge >= 0.3 is 0 Å². The Morgan fingerprint density at radius 1 is 1.06 bits per heavy atom. The lowest BCUT2D eigenvalue weighted by Crippen LogP contribution is -2.13. The first-order valence-corrected chi connectivity index (χ1v) is 7.94. The maximum atomic E-state index is 2.79. The lowest BCUT2D eigenvalue weighted by Gasteiger charge is -2.28. The van der Waals surface area contributed by atoms with Crippen LogP contribution in [0.2, 0.25) is 0 Å². The van der Waals surface area contributed by atoms with Crippen LogP contribution in [-0.2, 0) is 6.16 Å². The molecule has 0 radical (unpaired) electrons. The van der Waals surface area contributed by atoms with E-state index >= 15 is 0 Å². The highest BCUT2D eigenvalue weighted by Crippen LogP contribution is 2.37. The SMILES string of the molecule is CCC[C@H]1CC[C@H](c2ccc(CP)cc2)CC1.I. The summed E-state index contributed by atoms with van der Waals surface area (Å²) in [5.74, 6) is 1.85. The van der Waals surface area contributed by atoms with E-state index in [-0.39, 0.29) is 24.0 Å². The second-order valence-electron chi connectivity index (χ2n) is 5.45. The van der Waals surface area contributed by atoms with E-state index in [2.05, 4.69) is 40.4 Å². The van der Waals surface area contributed by atoms with E-state index in [0.717, 1.165) is 18.0 Å². The van der Waals surface area contributed by atoms with Gasteiger partial charge in [0.25, 0.3) is 0 Å². The van der Waals surface area contributed by atoms with E-state index in [1.807, 2.05) is 0 Å². The second kappa shape index (κ2) is 8.53. The highest BCUT2D eigenvalue weighted by molar-refractivity contribution is 14.0. The molecule has 2 heteroatoms. The van der Waals surface area contributed by atoms with Gasteiger partial charge in [0.05, 0.1) is 0 Å². The molecule has 0 spiro atoms. The Hall–Kier alpha value is 0.380. The standard InChI is InChI=1S/C16H25P.HI/c1-2-3-13-4-8-15(9-5-13)16-10-6-14(12-17)7-11-16;/h6-7,10-11,13,15H,2-5,8-9,12,17H2,1H3;1H/t13-,15-;. The molecular formula is C16H26IP. The summed E-state index contributed by atoms with van der Waals surface area (Å²) >= 11 is 0. The lowest BCUT2D eigenvalue weighted by atomic mass is 9.77. The Balaban J connectivity index is 0.00000162. The molecule has 1 aromatic carbocycles. The molecule has 1 atom stereocenters. The molecule has 1 aliphatic carbocycles. The largest absolute Gasteiger partial charge is 0.133 e. The predicted octanol–water partition coefficient (Wildman–Crippen LogP) is 5.75. The second-order valence-corrected chi connectivity index (χ2v) is 5.86. The summed E-state index contributed by atoms with van der Waals surface area (Å²) in [4.78, 5) is 0. The average Bonchev–Trinajstić information content (AvgIpc) is 2.40. The predicted molar refractivity (Wildman–Crippen MR) is 94.9 cm³/mol. The van der Waals surface area contributed by atoms with Crippen molar-refractivity contribution in [3.05, 3.63) is 35.4 Å². The number of hydrogen-bond donors (Lipinski definition) is 0. The Bertz CT molecular complexity index is 325. The molecule has 0 saturated heterocycles. The van der Waals surface area contributed by atoms with Gasteiger partial charge in [-0.25, -0.2) is 0 Å². The zero-order chi connectivity index (χ0) is 12.1. The van der Waals surface area contributed by atoms with Crippen LogP contribution in [0.25, 0.3) is 0 Å². The number of halogens is 1. The molecule has 0 aliphatic heterocycles. The molecule has 1 fully saturated rings. The maximum absolute atomic E-state index is 2.79. The van der Waals surface area contributed by atoms with Gasteiger partial charge in [-0.2, -0.15) is 0 Å². The van der Waals surface area contributed by atoms with E-state index in [0.29, 0.717) is 0 Å². The quantitative estimate of drug-likeness (QED) is 0.463. The molecule has 102 valence electrons. The highest BCUT2D eigenvalue weighted by Gasteiger charge is 2.21. The molecule has 1 unspecified atom stereocenters. The molecule has 1 saturated carbocycles. The van der Waals surface area contributed by atoms with E-state index in [9.17, 15) is 0 Å².